The Morgan fingerprint density at radius 3 is 2.60 bits per heavy atom. The summed E-state index contributed by atoms with van der Waals surface area (Å²) in [5.74, 6) is -0.202. The van der Waals surface area contributed by atoms with Crippen LogP contribution in [0.2, 0.25) is 5.02 Å². The van der Waals surface area contributed by atoms with Crippen LogP contribution in [0.1, 0.15) is 11.1 Å². The largest absolute Gasteiger partial charge is 0.399 e. The Morgan fingerprint density at radius 1 is 1.25 bits per heavy atom. The van der Waals surface area contributed by atoms with Crippen molar-refractivity contribution < 1.29 is 4.79 Å². The number of anilines is 2. The summed E-state index contributed by atoms with van der Waals surface area (Å²) >= 11 is 5.98. The van der Waals surface area contributed by atoms with Crippen LogP contribution in [0.5, 0.6) is 0 Å². The average molecular weight is 286 g/mol. The van der Waals surface area contributed by atoms with Gasteiger partial charge in [-0.1, -0.05) is 23.7 Å². The fraction of sp³-hybridized carbons (Fsp3) is 0.0667. The van der Waals surface area contributed by atoms with Crippen molar-refractivity contribution in [2.45, 2.75) is 6.42 Å². The van der Waals surface area contributed by atoms with Crippen molar-refractivity contribution in [3.05, 3.63) is 58.6 Å². The predicted molar refractivity (Wildman–Crippen MR) is 79.4 cm³/mol. The third-order valence-corrected chi connectivity index (χ3v) is 3.04. The third kappa shape index (κ3) is 3.50. The summed E-state index contributed by atoms with van der Waals surface area (Å²) < 4.78 is 0. The monoisotopic (exact) mass is 285 g/mol. The van der Waals surface area contributed by atoms with Gasteiger partial charge in [0.05, 0.1) is 28.8 Å². The minimum Gasteiger partial charge on any atom is -0.399 e. The minimum absolute atomic E-state index is 0.202. The van der Waals surface area contributed by atoms with Crippen molar-refractivity contribution in [1.82, 2.24) is 0 Å². The second kappa shape index (κ2) is 6.09. The van der Waals surface area contributed by atoms with Crippen LogP contribution in [0, 0.1) is 11.3 Å². The first kappa shape index (κ1) is 13.9. The first-order chi connectivity index (χ1) is 9.58. The molecule has 0 aromatic heterocycles. The molecule has 0 bridgehead atoms. The molecule has 5 heteroatoms. The summed E-state index contributed by atoms with van der Waals surface area (Å²) in [6, 6.07) is 13.8. The highest BCUT2D eigenvalue weighted by molar-refractivity contribution is 6.33. The zero-order valence-electron chi connectivity index (χ0n) is 10.6. The Morgan fingerprint density at radius 2 is 1.95 bits per heavy atom. The lowest BCUT2D eigenvalue weighted by atomic mass is 10.1. The highest BCUT2D eigenvalue weighted by atomic mass is 35.5. The Hall–Kier alpha value is -2.51. The molecule has 0 atom stereocenters. The molecule has 2 rings (SSSR count). The number of hydrogen-bond acceptors (Lipinski definition) is 3. The standard InChI is InChI=1S/C15H12ClN3O/c16-13-6-3-11(9-17)7-14(13)19-15(20)8-10-1-4-12(18)5-2-10/h1-7H,8,18H2,(H,19,20). The second-order valence-corrected chi connectivity index (χ2v) is 4.68. The molecule has 0 unspecified atom stereocenters. The number of benzene rings is 2. The van der Waals surface area contributed by atoms with E-state index < -0.39 is 0 Å². The molecule has 2 aromatic rings. The van der Waals surface area contributed by atoms with Gasteiger partial charge in [0.2, 0.25) is 5.91 Å². The van der Waals surface area contributed by atoms with Crippen LogP contribution in [-0.2, 0) is 11.2 Å². The Bertz CT molecular complexity index is 675. The number of hydrogen-bond donors (Lipinski definition) is 2. The molecule has 4 nitrogen and oxygen atoms in total. The van der Waals surface area contributed by atoms with Gasteiger partial charge in [-0.2, -0.15) is 5.26 Å². The molecule has 3 N–H and O–H groups in total. The van der Waals surface area contributed by atoms with Gasteiger partial charge in [-0.3, -0.25) is 4.79 Å². The Balaban J connectivity index is 2.08. The number of carbonyl (C=O) groups excluding carboxylic acids is 1. The van der Waals surface area contributed by atoms with Gasteiger partial charge in [0.15, 0.2) is 0 Å². The van der Waals surface area contributed by atoms with E-state index in [4.69, 9.17) is 22.6 Å². The first-order valence-electron chi connectivity index (χ1n) is 5.92. The van der Waals surface area contributed by atoms with Gasteiger partial charge in [-0.15, -0.1) is 0 Å². The van der Waals surface area contributed by atoms with Crippen molar-refractivity contribution in [1.29, 1.82) is 5.26 Å². The van der Waals surface area contributed by atoms with Gasteiger partial charge in [0.1, 0.15) is 0 Å². The number of halogens is 1. The van der Waals surface area contributed by atoms with Gasteiger partial charge >= 0.3 is 0 Å². The van der Waals surface area contributed by atoms with Crippen LogP contribution in [0.25, 0.3) is 0 Å². The maximum absolute atomic E-state index is 11.9. The summed E-state index contributed by atoms with van der Waals surface area (Å²) in [5.41, 5.74) is 7.97. The van der Waals surface area contributed by atoms with E-state index in [-0.39, 0.29) is 12.3 Å². The lowest BCUT2D eigenvalue weighted by molar-refractivity contribution is -0.115. The van der Waals surface area contributed by atoms with Crippen LogP contribution >= 0.6 is 11.6 Å². The molecule has 1 amide bonds. The zero-order chi connectivity index (χ0) is 14.5. The van der Waals surface area contributed by atoms with Crippen molar-refractivity contribution in [2.24, 2.45) is 0 Å². The molecule has 0 heterocycles. The van der Waals surface area contributed by atoms with E-state index in [9.17, 15) is 4.79 Å². The van der Waals surface area contributed by atoms with Crippen LogP contribution in [0.15, 0.2) is 42.5 Å². The highest BCUT2D eigenvalue weighted by Crippen LogP contribution is 2.23. The summed E-state index contributed by atoms with van der Waals surface area (Å²) in [4.78, 5) is 11.9. The van der Waals surface area contributed by atoms with Crippen LogP contribution in [0.3, 0.4) is 0 Å². The molecule has 0 aliphatic rings. The topological polar surface area (TPSA) is 78.9 Å². The van der Waals surface area contributed by atoms with Gasteiger partial charge < -0.3 is 11.1 Å². The molecular formula is C15H12ClN3O. The fourth-order valence-electron chi connectivity index (χ4n) is 1.71. The summed E-state index contributed by atoms with van der Waals surface area (Å²) in [7, 11) is 0. The third-order valence-electron chi connectivity index (χ3n) is 2.71. The average Bonchev–Trinajstić information content (AvgIpc) is 2.44. The van der Waals surface area contributed by atoms with E-state index in [0.29, 0.717) is 22.0 Å². The predicted octanol–water partition coefficient (Wildman–Crippen LogP) is 2.98. The molecule has 2 aromatic carbocycles. The maximum atomic E-state index is 11.9. The lowest BCUT2D eigenvalue weighted by Crippen LogP contribution is -2.14. The Labute approximate surface area is 121 Å². The maximum Gasteiger partial charge on any atom is 0.228 e. The molecule has 0 fully saturated rings. The number of nitrogens with two attached hydrogens (primary N) is 1. The van der Waals surface area contributed by atoms with Crippen molar-refractivity contribution >= 4 is 28.9 Å². The number of rotatable bonds is 3. The molecule has 0 aliphatic heterocycles. The second-order valence-electron chi connectivity index (χ2n) is 4.27. The zero-order valence-corrected chi connectivity index (χ0v) is 11.3. The highest BCUT2D eigenvalue weighted by Gasteiger charge is 2.08. The lowest BCUT2D eigenvalue weighted by Gasteiger charge is -2.08. The molecule has 100 valence electrons. The van der Waals surface area contributed by atoms with Gasteiger partial charge in [0, 0.05) is 5.69 Å². The number of nitrogens with zero attached hydrogens (tertiary/aromatic N) is 1. The molecule has 0 aliphatic carbocycles. The van der Waals surface area contributed by atoms with E-state index >= 15 is 0 Å². The number of nitriles is 1. The first-order valence-corrected chi connectivity index (χ1v) is 6.30. The van der Waals surface area contributed by atoms with E-state index in [1.807, 2.05) is 6.07 Å². The van der Waals surface area contributed by atoms with E-state index in [2.05, 4.69) is 5.32 Å². The van der Waals surface area contributed by atoms with Gasteiger partial charge in [-0.25, -0.2) is 0 Å². The van der Waals surface area contributed by atoms with Gasteiger partial charge in [0.25, 0.3) is 0 Å². The van der Waals surface area contributed by atoms with Crippen molar-refractivity contribution in [3.63, 3.8) is 0 Å². The summed E-state index contributed by atoms with van der Waals surface area (Å²) in [6.45, 7) is 0. The molecule has 0 saturated carbocycles. The van der Waals surface area contributed by atoms with Crippen molar-refractivity contribution in [2.75, 3.05) is 11.1 Å². The molecular weight excluding hydrogens is 274 g/mol. The summed E-state index contributed by atoms with van der Waals surface area (Å²) in [6.07, 6.45) is 0.216. The van der Waals surface area contributed by atoms with Crippen molar-refractivity contribution in [3.8, 4) is 6.07 Å². The van der Waals surface area contributed by atoms with Crippen LogP contribution in [0.4, 0.5) is 11.4 Å². The number of nitrogen functional groups attached to an aromatic ring is 1. The number of carbonyl (C=O) groups is 1. The Kier molecular flexibility index (Phi) is 4.24. The van der Waals surface area contributed by atoms with E-state index in [1.54, 1.807) is 42.5 Å². The molecule has 0 spiro atoms. The fourth-order valence-corrected chi connectivity index (χ4v) is 1.87. The van der Waals surface area contributed by atoms with Crippen LogP contribution < -0.4 is 11.1 Å². The van der Waals surface area contributed by atoms with Gasteiger partial charge in [-0.05, 0) is 35.9 Å². The quantitative estimate of drug-likeness (QED) is 0.851. The normalized spacial score (nSPS) is 9.80. The molecule has 0 radical (unpaired) electrons. The van der Waals surface area contributed by atoms with E-state index in [1.165, 1.54) is 0 Å². The molecule has 0 saturated heterocycles. The van der Waals surface area contributed by atoms with E-state index in [0.717, 1.165) is 5.56 Å². The molecule has 20 heavy (non-hydrogen) atoms. The SMILES string of the molecule is N#Cc1ccc(Cl)c(NC(=O)Cc2ccc(N)cc2)c1. The number of nitrogens with one attached hydrogen (secondary N) is 1. The number of amides is 1. The minimum atomic E-state index is -0.202. The smallest absolute Gasteiger partial charge is 0.228 e. The van der Waals surface area contributed by atoms with Crippen LogP contribution in [-0.4, -0.2) is 5.91 Å². The summed E-state index contributed by atoms with van der Waals surface area (Å²) in [5, 5.41) is 11.9.